The lowest BCUT2D eigenvalue weighted by Gasteiger charge is -2.26. The zero-order chi connectivity index (χ0) is 14.7. The maximum absolute atomic E-state index is 12.3. The first-order valence-electron chi connectivity index (χ1n) is 7.17. The van der Waals surface area contributed by atoms with Gasteiger partial charge in [-0.05, 0) is 38.3 Å². The van der Waals surface area contributed by atoms with E-state index >= 15 is 0 Å². The summed E-state index contributed by atoms with van der Waals surface area (Å²) in [5.74, 6) is 0.172. The van der Waals surface area contributed by atoms with Gasteiger partial charge in [0, 0.05) is 20.3 Å². The fraction of sp³-hybridized carbons (Fsp3) is 0.562. The van der Waals surface area contributed by atoms with Crippen LogP contribution in [0.4, 0.5) is 0 Å². The van der Waals surface area contributed by atoms with Gasteiger partial charge in [-0.1, -0.05) is 23.8 Å². The van der Waals surface area contributed by atoms with Crippen LogP contribution in [0.1, 0.15) is 36.2 Å². The van der Waals surface area contributed by atoms with Gasteiger partial charge in [0.05, 0.1) is 6.04 Å². The number of rotatable bonds is 5. The second kappa shape index (κ2) is 6.37. The molecule has 1 aliphatic heterocycles. The summed E-state index contributed by atoms with van der Waals surface area (Å²) in [4.78, 5) is 14.2. The van der Waals surface area contributed by atoms with E-state index < -0.39 is 0 Å². The van der Waals surface area contributed by atoms with Crippen LogP contribution in [0.3, 0.4) is 0 Å². The Bertz CT molecular complexity index is 487. The molecule has 1 fully saturated rings. The maximum atomic E-state index is 12.3. The number of nitrogens with one attached hydrogen (secondary N) is 1. The fourth-order valence-electron chi connectivity index (χ4n) is 2.78. The number of amides is 1. The second-order valence-corrected chi connectivity index (χ2v) is 5.53. The van der Waals surface area contributed by atoms with Crippen LogP contribution in [-0.2, 0) is 9.53 Å². The highest BCUT2D eigenvalue weighted by Gasteiger charge is 2.37. The predicted molar refractivity (Wildman–Crippen MR) is 79.5 cm³/mol. The van der Waals surface area contributed by atoms with Crippen LogP contribution >= 0.6 is 0 Å². The summed E-state index contributed by atoms with van der Waals surface area (Å²) in [5, 5.41) is 3.39. The molecule has 20 heavy (non-hydrogen) atoms. The highest BCUT2D eigenvalue weighted by molar-refractivity contribution is 5.84. The molecule has 0 aromatic heterocycles. The number of benzene rings is 1. The van der Waals surface area contributed by atoms with Crippen molar-refractivity contribution in [3.8, 4) is 0 Å². The van der Waals surface area contributed by atoms with E-state index in [0.717, 1.165) is 13.0 Å². The Labute approximate surface area is 121 Å². The quantitative estimate of drug-likeness (QED) is 0.838. The van der Waals surface area contributed by atoms with Gasteiger partial charge in [-0.2, -0.15) is 0 Å². The molecule has 2 atom stereocenters. The van der Waals surface area contributed by atoms with Crippen molar-refractivity contribution >= 4 is 5.91 Å². The average molecular weight is 276 g/mol. The Morgan fingerprint density at radius 3 is 2.75 bits per heavy atom. The molecule has 0 spiro atoms. The number of ether oxygens (including phenoxy) is 1. The van der Waals surface area contributed by atoms with Gasteiger partial charge in [-0.3, -0.25) is 10.1 Å². The van der Waals surface area contributed by atoms with Gasteiger partial charge in [-0.25, -0.2) is 0 Å². The fourth-order valence-corrected chi connectivity index (χ4v) is 2.78. The van der Waals surface area contributed by atoms with E-state index in [-0.39, 0.29) is 18.1 Å². The van der Waals surface area contributed by atoms with E-state index in [4.69, 9.17) is 4.74 Å². The van der Waals surface area contributed by atoms with Crippen molar-refractivity contribution in [1.82, 2.24) is 10.2 Å². The van der Waals surface area contributed by atoms with E-state index in [1.165, 1.54) is 16.7 Å². The van der Waals surface area contributed by atoms with Crippen LogP contribution in [0.2, 0.25) is 0 Å². The number of nitrogens with zero attached hydrogens (tertiary/aromatic N) is 1. The molecule has 0 aliphatic carbocycles. The molecule has 4 heteroatoms. The first kappa shape index (κ1) is 15.0. The van der Waals surface area contributed by atoms with Gasteiger partial charge in [0.1, 0.15) is 6.17 Å². The largest absolute Gasteiger partial charge is 0.385 e. The molecule has 0 saturated carbocycles. The predicted octanol–water partition coefficient (Wildman–Crippen LogP) is 2.16. The summed E-state index contributed by atoms with van der Waals surface area (Å²) in [6, 6.07) is 6.27. The molecule has 2 unspecified atom stereocenters. The molecule has 1 heterocycles. The molecule has 1 amide bonds. The number of carbonyl (C=O) groups is 1. The molecular formula is C16H24N2O2. The Hall–Kier alpha value is -1.39. The number of aryl methyl sites for hydroxylation is 2. The molecular weight excluding hydrogens is 252 g/mol. The van der Waals surface area contributed by atoms with E-state index in [2.05, 4.69) is 37.4 Å². The van der Waals surface area contributed by atoms with Crippen molar-refractivity contribution in [2.45, 2.75) is 39.4 Å². The number of methoxy groups -OCH3 is 1. The monoisotopic (exact) mass is 276 g/mol. The Balaban J connectivity index is 2.21. The van der Waals surface area contributed by atoms with Gasteiger partial charge in [0.15, 0.2) is 0 Å². The average Bonchev–Trinajstić information content (AvgIpc) is 2.67. The minimum Gasteiger partial charge on any atom is -0.385 e. The van der Waals surface area contributed by atoms with Crippen LogP contribution in [-0.4, -0.2) is 37.1 Å². The number of carbonyl (C=O) groups excluding carboxylic acids is 1. The molecule has 2 rings (SSSR count). The molecule has 1 N–H and O–H groups in total. The highest BCUT2D eigenvalue weighted by atomic mass is 16.5. The summed E-state index contributed by atoms with van der Waals surface area (Å²) in [7, 11) is 1.69. The number of hydrogen-bond acceptors (Lipinski definition) is 3. The third-order valence-electron chi connectivity index (χ3n) is 3.84. The van der Waals surface area contributed by atoms with Crippen molar-refractivity contribution in [3.05, 3.63) is 34.9 Å². The van der Waals surface area contributed by atoms with Gasteiger partial charge in [-0.15, -0.1) is 0 Å². The SMILES string of the molecule is COCCCN1C(=O)C(C)NC1c1ccc(C)cc1C. The second-order valence-electron chi connectivity index (χ2n) is 5.53. The lowest BCUT2D eigenvalue weighted by Crippen LogP contribution is -2.32. The van der Waals surface area contributed by atoms with Crippen LogP contribution in [0.15, 0.2) is 18.2 Å². The van der Waals surface area contributed by atoms with Crippen LogP contribution in [0.25, 0.3) is 0 Å². The molecule has 0 bridgehead atoms. The molecule has 1 aromatic rings. The molecule has 110 valence electrons. The first-order valence-corrected chi connectivity index (χ1v) is 7.17. The normalized spacial score (nSPS) is 22.6. The Kier molecular flexibility index (Phi) is 4.78. The van der Waals surface area contributed by atoms with E-state index in [1.807, 2.05) is 11.8 Å². The van der Waals surface area contributed by atoms with Crippen molar-refractivity contribution in [1.29, 1.82) is 0 Å². The zero-order valence-corrected chi connectivity index (χ0v) is 12.8. The van der Waals surface area contributed by atoms with Crippen LogP contribution < -0.4 is 5.32 Å². The zero-order valence-electron chi connectivity index (χ0n) is 12.8. The first-order chi connectivity index (χ1) is 9.54. The molecule has 0 radical (unpaired) electrons. The van der Waals surface area contributed by atoms with Crippen molar-refractivity contribution in [2.24, 2.45) is 0 Å². The van der Waals surface area contributed by atoms with Crippen molar-refractivity contribution in [2.75, 3.05) is 20.3 Å². The lowest BCUT2D eigenvalue weighted by molar-refractivity contribution is -0.130. The minimum atomic E-state index is -0.122. The smallest absolute Gasteiger partial charge is 0.241 e. The molecule has 1 aliphatic rings. The van der Waals surface area contributed by atoms with Crippen molar-refractivity contribution in [3.63, 3.8) is 0 Å². The summed E-state index contributed by atoms with van der Waals surface area (Å²) in [6.45, 7) is 7.52. The Morgan fingerprint density at radius 2 is 2.10 bits per heavy atom. The van der Waals surface area contributed by atoms with Gasteiger partial charge in [0.25, 0.3) is 0 Å². The van der Waals surface area contributed by atoms with Gasteiger partial charge < -0.3 is 9.64 Å². The van der Waals surface area contributed by atoms with Gasteiger partial charge in [0.2, 0.25) is 5.91 Å². The van der Waals surface area contributed by atoms with E-state index in [9.17, 15) is 4.79 Å². The standard InChI is InChI=1S/C16H24N2O2/c1-11-6-7-14(12(2)10-11)15-17-13(3)16(19)18(15)8-5-9-20-4/h6-7,10,13,15,17H,5,8-9H2,1-4H3. The van der Waals surface area contributed by atoms with E-state index in [1.54, 1.807) is 7.11 Å². The molecule has 4 nitrogen and oxygen atoms in total. The van der Waals surface area contributed by atoms with E-state index in [0.29, 0.717) is 6.61 Å². The summed E-state index contributed by atoms with van der Waals surface area (Å²) < 4.78 is 5.09. The third kappa shape index (κ3) is 3.02. The number of hydrogen-bond donors (Lipinski definition) is 1. The summed E-state index contributed by atoms with van der Waals surface area (Å²) in [6.07, 6.45) is 0.841. The molecule has 1 aromatic carbocycles. The minimum absolute atomic E-state index is 0.0186. The maximum Gasteiger partial charge on any atom is 0.241 e. The summed E-state index contributed by atoms with van der Waals surface area (Å²) >= 11 is 0. The summed E-state index contributed by atoms with van der Waals surface area (Å²) in [5.41, 5.74) is 3.65. The lowest BCUT2D eigenvalue weighted by atomic mass is 10.0. The van der Waals surface area contributed by atoms with Crippen molar-refractivity contribution < 1.29 is 9.53 Å². The topological polar surface area (TPSA) is 41.6 Å². The van der Waals surface area contributed by atoms with Gasteiger partial charge >= 0.3 is 0 Å². The molecule has 1 saturated heterocycles. The third-order valence-corrected chi connectivity index (χ3v) is 3.84. The highest BCUT2D eigenvalue weighted by Crippen LogP contribution is 2.28. The van der Waals surface area contributed by atoms with Crippen LogP contribution in [0, 0.1) is 13.8 Å². The van der Waals surface area contributed by atoms with Crippen LogP contribution in [0.5, 0.6) is 0 Å². The Morgan fingerprint density at radius 1 is 1.35 bits per heavy atom.